The molecule has 0 bridgehead atoms. The van der Waals surface area contributed by atoms with E-state index in [1.165, 1.54) is 24.6 Å². The molecule has 1 aliphatic heterocycles. The Morgan fingerprint density at radius 2 is 1.87 bits per heavy atom. The van der Waals surface area contributed by atoms with Crippen LogP contribution in [-0.4, -0.2) is 72.2 Å². The number of carbonyl (C=O) groups excluding carboxylic acids is 3. The number of carboxylic acids is 1. The van der Waals surface area contributed by atoms with Gasteiger partial charge in [-0.2, -0.15) is 0 Å². The molecule has 3 heterocycles. The molecule has 1 aromatic carbocycles. The van der Waals surface area contributed by atoms with Gasteiger partial charge >= 0.3 is 12.1 Å². The number of carbonyl (C=O) groups is 4. The van der Waals surface area contributed by atoms with E-state index in [-0.39, 0.29) is 17.9 Å². The van der Waals surface area contributed by atoms with Crippen molar-refractivity contribution >= 4 is 46.6 Å². The quantitative estimate of drug-likeness (QED) is 0.398. The summed E-state index contributed by atoms with van der Waals surface area (Å²) < 4.78 is 4.81. The van der Waals surface area contributed by atoms with Crippen molar-refractivity contribution in [3.63, 3.8) is 0 Å². The van der Waals surface area contributed by atoms with Gasteiger partial charge in [0.25, 0.3) is 11.8 Å². The van der Waals surface area contributed by atoms with Crippen LogP contribution in [0.1, 0.15) is 38.1 Å². The first-order valence-corrected chi connectivity index (χ1v) is 12.7. The van der Waals surface area contributed by atoms with Crippen LogP contribution in [0.2, 0.25) is 0 Å². The number of hydrogen-bond donors (Lipinski definition) is 3. The summed E-state index contributed by atoms with van der Waals surface area (Å²) in [7, 11) is 1.34. The first-order chi connectivity index (χ1) is 18.4. The summed E-state index contributed by atoms with van der Waals surface area (Å²) in [4.78, 5) is 57.6. The number of pyridine rings is 1. The van der Waals surface area contributed by atoms with Crippen molar-refractivity contribution in [2.45, 2.75) is 12.5 Å². The van der Waals surface area contributed by atoms with Gasteiger partial charge < -0.3 is 30.3 Å². The standard InChI is InChI=1S/C26H27N5O6S/c1-37-26(36)31-11-9-30(10-12-31)21-7-6-17(14-20(21)29-25(35)22-5-3-13-38-22)24(34)28-19(15-23(32)33)18-4-2-8-27-16-18/h2-8,13-14,16,19H,9-12,15H2,1H3,(H,28,34)(H,29,35)(H,32,33). The van der Waals surface area contributed by atoms with Crippen molar-refractivity contribution in [3.05, 3.63) is 76.2 Å². The van der Waals surface area contributed by atoms with Crippen molar-refractivity contribution in [1.29, 1.82) is 0 Å². The second-order valence-electron chi connectivity index (χ2n) is 8.52. The summed E-state index contributed by atoms with van der Waals surface area (Å²) in [5, 5.41) is 16.8. The smallest absolute Gasteiger partial charge is 0.409 e. The third-order valence-corrected chi connectivity index (χ3v) is 6.94. The monoisotopic (exact) mass is 537 g/mol. The Labute approximate surface area is 223 Å². The molecule has 1 aliphatic rings. The summed E-state index contributed by atoms with van der Waals surface area (Å²) in [6.07, 6.45) is 2.36. The average molecular weight is 538 g/mol. The number of methoxy groups -OCH3 is 1. The molecule has 1 saturated heterocycles. The lowest BCUT2D eigenvalue weighted by Gasteiger charge is -2.36. The number of amides is 3. The van der Waals surface area contributed by atoms with Crippen LogP contribution in [0.15, 0.2) is 60.2 Å². The number of benzene rings is 1. The topological polar surface area (TPSA) is 141 Å². The van der Waals surface area contributed by atoms with E-state index in [9.17, 15) is 24.3 Å². The molecule has 1 fully saturated rings. The number of thiophene rings is 1. The highest BCUT2D eigenvalue weighted by Crippen LogP contribution is 2.30. The Hall–Kier alpha value is -4.45. The van der Waals surface area contributed by atoms with Crippen LogP contribution in [0.25, 0.3) is 0 Å². The highest BCUT2D eigenvalue weighted by Gasteiger charge is 2.25. The molecule has 0 spiro atoms. The Morgan fingerprint density at radius 3 is 2.50 bits per heavy atom. The number of aromatic nitrogens is 1. The lowest BCUT2D eigenvalue weighted by atomic mass is 10.0. The molecule has 11 nitrogen and oxygen atoms in total. The molecule has 0 aliphatic carbocycles. The Balaban J connectivity index is 1.59. The van der Waals surface area contributed by atoms with Gasteiger partial charge in [0.05, 0.1) is 35.8 Å². The molecule has 4 rings (SSSR count). The van der Waals surface area contributed by atoms with Crippen LogP contribution in [-0.2, 0) is 9.53 Å². The normalized spacial score (nSPS) is 13.9. The minimum atomic E-state index is -1.07. The maximum Gasteiger partial charge on any atom is 0.409 e. The predicted octanol–water partition coefficient (Wildman–Crippen LogP) is 3.23. The SMILES string of the molecule is COC(=O)N1CCN(c2ccc(C(=O)NC(CC(=O)O)c3cccnc3)cc2NC(=O)c2cccs2)CC1. The number of carboxylic acid groups (broad SMARTS) is 1. The number of rotatable bonds is 8. The zero-order valence-corrected chi connectivity index (χ0v) is 21.4. The van der Waals surface area contributed by atoms with Gasteiger partial charge in [-0.15, -0.1) is 11.3 Å². The average Bonchev–Trinajstić information content (AvgIpc) is 3.48. The maximum absolute atomic E-state index is 13.2. The molecular formula is C26H27N5O6S. The largest absolute Gasteiger partial charge is 0.481 e. The highest BCUT2D eigenvalue weighted by molar-refractivity contribution is 7.12. The highest BCUT2D eigenvalue weighted by atomic mass is 32.1. The Bertz CT molecular complexity index is 1290. The molecule has 12 heteroatoms. The van der Waals surface area contributed by atoms with Crippen molar-refractivity contribution in [1.82, 2.24) is 15.2 Å². The van der Waals surface area contributed by atoms with Crippen molar-refractivity contribution in [3.8, 4) is 0 Å². The van der Waals surface area contributed by atoms with Crippen LogP contribution in [0.3, 0.4) is 0 Å². The molecule has 3 aromatic rings. The van der Waals surface area contributed by atoms with Crippen LogP contribution in [0.4, 0.5) is 16.2 Å². The Morgan fingerprint density at radius 1 is 1.08 bits per heavy atom. The molecule has 0 saturated carbocycles. The van der Waals surface area contributed by atoms with E-state index >= 15 is 0 Å². The molecule has 3 N–H and O–H groups in total. The minimum Gasteiger partial charge on any atom is -0.481 e. The molecule has 198 valence electrons. The van der Waals surface area contributed by atoms with Crippen LogP contribution >= 0.6 is 11.3 Å². The van der Waals surface area contributed by atoms with E-state index in [2.05, 4.69) is 15.6 Å². The van der Waals surface area contributed by atoms with Gasteiger partial charge in [-0.05, 0) is 41.3 Å². The van der Waals surface area contributed by atoms with Gasteiger partial charge in [0.15, 0.2) is 0 Å². The fourth-order valence-corrected chi connectivity index (χ4v) is 4.77. The molecule has 2 aromatic heterocycles. The summed E-state index contributed by atoms with van der Waals surface area (Å²) in [6, 6.07) is 11.0. The molecular weight excluding hydrogens is 510 g/mol. The lowest BCUT2D eigenvalue weighted by molar-refractivity contribution is -0.137. The molecule has 0 radical (unpaired) electrons. The molecule has 1 unspecified atom stereocenters. The third-order valence-electron chi connectivity index (χ3n) is 6.08. The fraction of sp³-hybridized carbons (Fsp3) is 0.269. The van der Waals surface area contributed by atoms with E-state index < -0.39 is 24.0 Å². The molecule has 1 atom stereocenters. The first-order valence-electron chi connectivity index (χ1n) is 11.8. The number of hydrogen-bond acceptors (Lipinski definition) is 8. The van der Waals surface area contributed by atoms with Crippen LogP contribution < -0.4 is 15.5 Å². The number of aliphatic carboxylic acids is 1. The van der Waals surface area contributed by atoms with Crippen molar-refractivity contribution in [2.75, 3.05) is 43.5 Å². The summed E-state index contributed by atoms with van der Waals surface area (Å²) in [5.41, 5.74) is 1.95. The number of nitrogens with zero attached hydrogens (tertiary/aromatic N) is 3. The van der Waals surface area contributed by atoms with Gasteiger partial charge in [-0.3, -0.25) is 19.4 Å². The van der Waals surface area contributed by atoms with Crippen LogP contribution in [0.5, 0.6) is 0 Å². The van der Waals surface area contributed by atoms with Crippen LogP contribution in [0, 0.1) is 0 Å². The molecule has 38 heavy (non-hydrogen) atoms. The second-order valence-corrected chi connectivity index (χ2v) is 9.47. The van der Waals surface area contributed by atoms with Gasteiger partial charge in [0.1, 0.15) is 0 Å². The van der Waals surface area contributed by atoms with E-state index in [4.69, 9.17) is 4.74 Å². The first kappa shape index (κ1) is 26.6. The number of nitrogens with one attached hydrogen (secondary N) is 2. The van der Waals surface area contributed by atoms with Gasteiger partial charge in [-0.1, -0.05) is 12.1 Å². The van der Waals surface area contributed by atoms with Gasteiger partial charge in [0.2, 0.25) is 0 Å². The maximum atomic E-state index is 13.2. The Kier molecular flexibility index (Phi) is 8.54. The van der Waals surface area contributed by atoms with E-state index in [1.807, 2.05) is 4.90 Å². The summed E-state index contributed by atoms with van der Waals surface area (Å²) >= 11 is 1.30. The second kappa shape index (κ2) is 12.2. The zero-order chi connectivity index (χ0) is 27.1. The predicted molar refractivity (Wildman–Crippen MR) is 142 cm³/mol. The molecule has 3 amide bonds. The third kappa shape index (κ3) is 6.45. The van der Waals surface area contributed by atoms with Crippen molar-refractivity contribution < 1.29 is 29.0 Å². The minimum absolute atomic E-state index is 0.253. The lowest BCUT2D eigenvalue weighted by Crippen LogP contribution is -2.49. The van der Waals surface area contributed by atoms with Crippen molar-refractivity contribution in [2.24, 2.45) is 0 Å². The van der Waals surface area contributed by atoms with Gasteiger partial charge in [-0.25, -0.2) is 4.79 Å². The summed E-state index contributed by atoms with van der Waals surface area (Å²) in [6.45, 7) is 1.89. The zero-order valence-electron chi connectivity index (χ0n) is 20.6. The van der Waals surface area contributed by atoms with Gasteiger partial charge in [0, 0.05) is 44.1 Å². The fourth-order valence-electron chi connectivity index (χ4n) is 4.15. The van der Waals surface area contributed by atoms with E-state index in [1.54, 1.807) is 58.9 Å². The van der Waals surface area contributed by atoms with E-state index in [0.717, 1.165) is 0 Å². The number of anilines is 2. The number of piperazine rings is 1. The van der Waals surface area contributed by atoms with E-state index in [0.29, 0.717) is 48.0 Å². The number of ether oxygens (including phenoxy) is 1. The summed E-state index contributed by atoms with van der Waals surface area (Å²) in [5.74, 6) is -1.87.